The third-order valence-corrected chi connectivity index (χ3v) is 6.08. The Morgan fingerprint density at radius 3 is 2.41 bits per heavy atom. The van der Waals surface area contributed by atoms with E-state index < -0.39 is 11.8 Å². The number of amides is 2. The maximum Gasteiger partial charge on any atom is 0.282 e. The summed E-state index contributed by atoms with van der Waals surface area (Å²) in [5, 5.41) is 2.53. The van der Waals surface area contributed by atoms with E-state index in [1.54, 1.807) is 54.6 Å². The summed E-state index contributed by atoms with van der Waals surface area (Å²) in [6, 6.07) is 17.3. The van der Waals surface area contributed by atoms with Gasteiger partial charge in [0.25, 0.3) is 11.8 Å². The van der Waals surface area contributed by atoms with Crippen molar-refractivity contribution >= 4 is 74.3 Å². The number of hydrogen-bond acceptors (Lipinski definition) is 3. The molecule has 4 rings (SSSR count). The molecular weight excluding hydrogens is 539 g/mol. The van der Waals surface area contributed by atoms with Crippen LogP contribution in [0.5, 0.6) is 5.75 Å². The summed E-state index contributed by atoms with van der Waals surface area (Å²) in [5.74, 6) is -0.539. The van der Waals surface area contributed by atoms with E-state index in [1.165, 1.54) is 11.1 Å². The number of hydrogen-bond donors (Lipinski definition) is 1. The fraction of sp³-hybridized carbons (Fsp3) is 0.0435. The van der Waals surface area contributed by atoms with Gasteiger partial charge in [-0.2, -0.15) is 0 Å². The predicted molar refractivity (Wildman–Crippen MR) is 130 cm³/mol. The van der Waals surface area contributed by atoms with E-state index in [1.807, 2.05) is 6.07 Å². The molecule has 0 bridgehead atoms. The first-order chi connectivity index (χ1) is 15.3. The lowest BCUT2D eigenvalue weighted by molar-refractivity contribution is -0.117. The summed E-state index contributed by atoms with van der Waals surface area (Å²) in [6.45, 7) is 0.182. The van der Waals surface area contributed by atoms with Crippen LogP contribution in [0.1, 0.15) is 11.1 Å². The van der Waals surface area contributed by atoms with Gasteiger partial charge < -0.3 is 4.74 Å². The minimum absolute atomic E-state index is 0.00145. The fourth-order valence-corrected chi connectivity index (χ4v) is 4.52. The molecule has 1 heterocycles. The molecule has 2 amide bonds. The van der Waals surface area contributed by atoms with Crippen LogP contribution in [-0.4, -0.2) is 11.8 Å². The van der Waals surface area contributed by atoms with Crippen molar-refractivity contribution in [2.45, 2.75) is 6.61 Å². The summed E-state index contributed by atoms with van der Waals surface area (Å²) < 4.78 is 6.40. The second kappa shape index (κ2) is 9.55. The van der Waals surface area contributed by atoms with Crippen molar-refractivity contribution in [3.05, 3.63) is 96.9 Å². The smallest absolute Gasteiger partial charge is 0.282 e. The normalized spacial score (nSPS) is 14.8. The highest BCUT2D eigenvalue weighted by Crippen LogP contribution is 2.36. The molecule has 1 fully saturated rings. The molecule has 0 radical (unpaired) electrons. The van der Waals surface area contributed by atoms with E-state index in [0.29, 0.717) is 36.5 Å². The highest BCUT2D eigenvalue weighted by atomic mass is 79.9. The molecule has 0 aliphatic carbocycles. The van der Waals surface area contributed by atoms with Crippen molar-refractivity contribution < 1.29 is 14.3 Å². The molecule has 3 aromatic rings. The molecule has 0 unspecified atom stereocenters. The number of rotatable bonds is 5. The standard InChI is InChI=1S/C23H14BrCl3N2O3/c24-18-9-13(8-17-22(30)28-29(23(17)31)16-4-2-1-3-5-16)10-20(27)21(18)32-12-14-6-7-15(25)11-19(14)26/h1-11H,12H2,(H,28,30)/b17-8-. The highest BCUT2D eigenvalue weighted by molar-refractivity contribution is 9.10. The second-order valence-electron chi connectivity index (χ2n) is 6.81. The van der Waals surface area contributed by atoms with Crippen molar-refractivity contribution in [2.24, 2.45) is 0 Å². The van der Waals surface area contributed by atoms with Crippen LogP contribution in [0, 0.1) is 0 Å². The number of carbonyl (C=O) groups is 2. The van der Waals surface area contributed by atoms with Crippen LogP contribution >= 0.6 is 50.7 Å². The summed E-state index contributed by atoms with van der Waals surface area (Å²) in [7, 11) is 0. The van der Waals surface area contributed by atoms with Gasteiger partial charge in [0.05, 0.1) is 15.2 Å². The summed E-state index contributed by atoms with van der Waals surface area (Å²) in [4.78, 5) is 25.1. The predicted octanol–water partition coefficient (Wildman–Crippen LogP) is 6.45. The largest absolute Gasteiger partial charge is 0.486 e. The van der Waals surface area contributed by atoms with E-state index in [2.05, 4.69) is 21.4 Å². The third kappa shape index (κ3) is 4.79. The van der Waals surface area contributed by atoms with Crippen LogP contribution in [-0.2, 0) is 16.2 Å². The number of nitrogens with zero attached hydrogens (tertiary/aromatic N) is 1. The SMILES string of the molecule is O=C1NN(c2ccccc2)C(=O)/C1=C\c1cc(Cl)c(OCc2ccc(Cl)cc2Cl)c(Br)c1. The molecule has 5 nitrogen and oxygen atoms in total. The Kier molecular flexibility index (Phi) is 6.76. The molecule has 0 aromatic heterocycles. The fourth-order valence-electron chi connectivity index (χ4n) is 3.07. The van der Waals surface area contributed by atoms with Crippen molar-refractivity contribution in [3.63, 3.8) is 0 Å². The molecule has 162 valence electrons. The number of anilines is 1. The third-order valence-electron chi connectivity index (χ3n) is 4.62. The molecule has 1 saturated heterocycles. The first-order valence-corrected chi connectivity index (χ1v) is 11.2. The van der Waals surface area contributed by atoms with Gasteiger partial charge in [-0.25, -0.2) is 5.01 Å². The maximum atomic E-state index is 12.8. The monoisotopic (exact) mass is 550 g/mol. The van der Waals surface area contributed by atoms with Gasteiger partial charge in [-0.05, 0) is 64.0 Å². The van der Waals surface area contributed by atoms with E-state index in [0.717, 1.165) is 5.56 Å². The lowest BCUT2D eigenvalue weighted by Gasteiger charge is -2.14. The Morgan fingerprint density at radius 2 is 1.72 bits per heavy atom. The minimum atomic E-state index is -0.496. The van der Waals surface area contributed by atoms with E-state index >= 15 is 0 Å². The average Bonchev–Trinajstić information content (AvgIpc) is 3.03. The van der Waals surface area contributed by atoms with E-state index in [4.69, 9.17) is 39.5 Å². The van der Waals surface area contributed by atoms with Gasteiger partial charge in [0.2, 0.25) is 0 Å². The van der Waals surface area contributed by atoms with Crippen LogP contribution in [0.4, 0.5) is 5.69 Å². The van der Waals surface area contributed by atoms with Gasteiger partial charge in [-0.3, -0.25) is 15.0 Å². The summed E-state index contributed by atoms with van der Waals surface area (Å²) >= 11 is 22.0. The number of nitrogens with one attached hydrogen (secondary N) is 1. The topological polar surface area (TPSA) is 58.6 Å². The quantitative estimate of drug-likeness (QED) is 0.292. The van der Waals surface area contributed by atoms with Crippen molar-refractivity contribution in [2.75, 3.05) is 5.01 Å². The zero-order chi connectivity index (χ0) is 22.8. The van der Waals surface area contributed by atoms with Crippen molar-refractivity contribution in [1.82, 2.24) is 5.43 Å². The van der Waals surface area contributed by atoms with Crippen LogP contribution < -0.4 is 15.2 Å². The Bertz CT molecular complexity index is 1230. The lowest BCUT2D eigenvalue weighted by Crippen LogP contribution is -2.35. The molecule has 3 aromatic carbocycles. The van der Waals surface area contributed by atoms with Crippen LogP contribution in [0.15, 0.2) is 70.7 Å². The molecule has 1 aliphatic heterocycles. The Labute approximate surface area is 207 Å². The Balaban J connectivity index is 1.56. The van der Waals surface area contributed by atoms with Crippen molar-refractivity contribution in [3.8, 4) is 5.75 Å². The number of ether oxygens (including phenoxy) is 1. The first-order valence-electron chi connectivity index (χ1n) is 9.31. The number of halogens is 4. The van der Waals surface area contributed by atoms with E-state index in [9.17, 15) is 9.59 Å². The number of para-hydroxylation sites is 1. The van der Waals surface area contributed by atoms with Crippen LogP contribution in [0.3, 0.4) is 0 Å². The zero-order valence-electron chi connectivity index (χ0n) is 16.2. The molecule has 32 heavy (non-hydrogen) atoms. The van der Waals surface area contributed by atoms with E-state index in [-0.39, 0.29) is 12.2 Å². The molecular formula is C23H14BrCl3N2O3. The van der Waals surface area contributed by atoms with Gasteiger partial charge in [0.15, 0.2) is 5.75 Å². The zero-order valence-corrected chi connectivity index (χ0v) is 20.1. The van der Waals surface area contributed by atoms with Crippen LogP contribution in [0.25, 0.3) is 6.08 Å². The second-order valence-corrected chi connectivity index (χ2v) is 8.92. The average molecular weight is 553 g/mol. The number of carbonyl (C=O) groups excluding carboxylic acids is 2. The molecule has 0 spiro atoms. The van der Waals surface area contributed by atoms with Gasteiger partial charge in [0.1, 0.15) is 12.2 Å². The highest BCUT2D eigenvalue weighted by Gasteiger charge is 2.34. The first kappa shape index (κ1) is 22.7. The Hall–Kier alpha value is -2.51. The van der Waals surface area contributed by atoms with Gasteiger partial charge in [-0.15, -0.1) is 0 Å². The summed E-state index contributed by atoms with van der Waals surface area (Å²) in [6.07, 6.45) is 1.48. The maximum absolute atomic E-state index is 12.8. The number of benzene rings is 3. The Morgan fingerprint density at radius 1 is 0.969 bits per heavy atom. The van der Waals surface area contributed by atoms with Gasteiger partial charge >= 0.3 is 0 Å². The molecule has 1 N–H and O–H groups in total. The molecule has 0 saturated carbocycles. The molecule has 9 heteroatoms. The number of hydrazine groups is 1. The minimum Gasteiger partial charge on any atom is -0.486 e. The van der Waals surface area contributed by atoms with Gasteiger partial charge in [0, 0.05) is 15.6 Å². The molecule has 0 atom stereocenters. The van der Waals surface area contributed by atoms with Gasteiger partial charge in [-0.1, -0.05) is 59.1 Å². The van der Waals surface area contributed by atoms with Crippen molar-refractivity contribution in [1.29, 1.82) is 0 Å². The molecule has 1 aliphatic rings. The summed E-state index contributed by atoms with van der Waals surface area (Å²) in [5.41, 5.74) is 4.44. The van der Waals surface area contributed by atoms with Crippen LogP contribution in [0.2, 0.25) is 15.1 Å². The lowest BCUT2D eigenvalue weighted by atomic mass is 10.1.